The Morgan fingerprint density at radius 2 is 1.88 bits per heavy atom. The van der Waals surface area contributed by atoms with E-state index in [2.05, 4.69) is 20.6 Å². The highest BCUT2D eigenvalue weighted by molar-refractivity contribution is 6.03. The molecule has 0 radical (unpaired) electrons. The minimum Gasteiger partial charge on any atom is -0.493 e. The predicted octanol–water partition coefficient (Wildman–Crippen LogP) is 2.42. The lowest BCUT2D eigenvalue weighted by molar-refractivity contribution is -0.143. The van der Waals surface area contributed by atoms with Crippen LogP contribution in [0.2, 0.25) is 0 Å². The van der Waals surface area contributed by atoms with Crippen LogP contribution in [0.4, 0.5) is 26.3 Å². The average Bonchev–Trinajstić information content (AvgIpc) is 2.46. The zero-order valence-electron chi connectivity index (χ0n) is 11.9. The largest absolute Gasteiger partial charge is 0.493 e. The molecule has 0 fully saturated rings. The summed E-state index contributed by atoms with van der Waals surface area (Å²) in [5, 5.41) is 6.10. The number of hydrogen-bond donors (Lipinski definition) is 2. The fourth-order valence-corrected chi connectivity index (χ4v) is 1.83. The Kier molecular flexibility index (Phi) is 4.90. The monoisotopic (exact) mass is 355 g/mol. The summed E-state index contributed by atoms with van der Waals surface area (Å²) in [5.74, 6) is -1.17. The zero-order valence-corrected chi connectivity index (χ0v) is 11.9. The highest BCUT2D eigenvalue weighted by Gasteiger charge is 2.36. The molecule has 1 aliphatic heterocycles. The Morgan fingerprint density at radius 3 is 2.42 bits per heavy atom. The summed E-state index contributed by atoms with van der Waals surface area (Å²) >= 11 is 0. The lowest BCUT2D eigenvalue weighted by Gasteiger charge is -2.18. The van der Waals surface area contributed by atoms with Gasteiger partial charge in [-0.2, -0.15) is 31.4 Å². The Hall–Kier alpha value is -2.46. The van der Waals surface area contributed by atoms with Gasteiger partial charge in [-0.05, 0) is 18.2 Å². The van der Waals surface area contributed by atoms with E-state index in [4.69, 9.17) is 0 Å². The van der Waals surface area contributed by atoms with Crippen LogP contribution < -0.4 is 15.5 Å². The number of alkyl halides is 6. The highest BCUT2D eigenvalue weighted by Crippen LogP contribution is 2.37. The molecular weight excluding hydrogens is 344 g/mol. The third-order valence-corrected chi connectivity index (χ3v) is 2.91. The van der Waals surface area contributed by atoms with Crippen molar-refractivity contribution in [3.8, 4) is 5.75 Å². The van der Waals surface area contributed by atoms with Crippen LogP contribution in [-0.2, 0) is 11.0 Å². The van der Waals surface area contributed by atoms with E-state index in [-0.39, 0.29) is 17.9 Å². The van der Waals surface area contributed by atoms with E-state index in [9.17, 15) is 31.1 Å². The number of carbonyl (C=O) groups excluding carboxylic acids is 1. The van der Waals surface area contributed by atoms with Gasteiger partial charge in [-0.3, -0.25) is 4.79 Å². The minimum absolute atomic E-state index is 0.00180. The first-order chi connectivity index (χ1) is 11.1. The maximum atomic E-state index is 13.1. The zero-order chi connectivity index (χ0) is 18.0. The number of benzene rings is 1. The van der Waals surface area contributed by atoms with Crippen molar-refractivity contribution in [3.05, 3.63) is 29.3 Å². The fraction of sp³-hybridized carbons (Fsp3) is 0.385. The lowest BCUT2D eigenvalue weighted by Crippen LogP contribution is -2.42. The number of hydrazone groups is 1. The molecular formula is C13H11F6N3O2. The van der Waals surface area contributed by atoms with Crippen LogP contribution in [0.3, 0.4) is 0 Å². The number of amides is 1. The number of amidine groups is 1. The number of halogens is 6. The first kappa shape index (κ1) is 17.9. The van der Waals surface area contributed by atoms with Crippen molar-refractivity contribution < 1.29 is 35.9 Å². The maximum Gasteiger partial charge on any atom is 0.419 e. The van der Waals surface area contributed by atoms with E-state index < -0.39 is 42.6 Å². The van der Waals surface area contributed by atoms with Gasteiger partial charge in [0.15, 0.2) is 5.84 Å². The molecule has 0 aromatic heterocycles. The molecule has 0 saturated heterocycles. The number of nitrogens with one attached hydrogen (secondary N) is 2. The SMILES string of the molecule is O=C1CNC(c2ccc(OCCC(F)(F)F)c(C(F)(F)F)c2)=NN1. The van der Waals surface area contributed by atoms with Crippen LogP contribution in [0.15, 0.2) is 23.3 Å². The molecule has 0 spiro atoms. The van der Waals surface area contributed by atoms with Gasteiger partial charge in [-0.1, -0.05) is 0 Å². The average molecular weight is 355 g/mol. The molecule has 24 heavy (non-hydrogen) atoms. The number of hydrogen-bond acceptors (Lipinski definition) is 4. The first-order valence-electron chi connectivity index (χ1n) is 6.58. The van der Waals surface area contributed by atoms with Crippen molar-refractivity contribution >= 4 is 11.7 Å². The molecule has 0 aliphatic carbocycles. The summed E-state index contributed by atoms with van der Waals surface area (Å²) in [6, 6.07) is 2.79. The summed E-state index contributed by atoms with van der Waals surface area (Å²) in [4.78, 5) is 10.9. The Morgan fingerprint density at radius 1 is 1.17 bits per heavy atom. The van der Waals surface area contributed by atoms with Crippen LogP contribution in [0.5, 0.6) is 5.75 Å². The molecule has 1 amide bonds. The fourth-order valence-electron chi connectivity index (χ4n) is 1.83. The van der Waals surface area contributed by atoms with Gasteiger partial charge < -0.3 is 10.1 Å². The van der Waals surface area contributed by atoms with Gasteiger partial charge in [0.2, 0.25) is 0 Å². The van der Waals surface area contributed by atoms with Crippen LogP contribution in [0.25, 0.3) is 0 Å². The summed E-state index contributed by atoms with van der Waals surface area (Å²) in [5.41, 5.74) is 0.876. The number of nitrogens with zero attached hydrogens (tertiary/aromatic N) is 1. The topological polar surface area (TPSA) is 62.7 Å². The van der Waals surface area contributed by atoms with Gasteiger partial charge in [-0.15, -0.1) is 0 Å². The molecule has 1 heterocycles. The van der Waals surface area contributed by atoms with Gasteiger partial charge in [0.25, 0.3) is 5.91 Å². The van der Waals surface area contributed by atoms with E-state index in [1.165, 1.54) is 6.07 Å². The van der Waals surface area contributed by atoms with Crippen molar-refractivity contribution in [1.29, 1.82) is 0 Å². The smallest absolute Gasteiger partial charge is 0.419 e. The highest BCUT2D eigenvalue weighted by atomic mass is 19.4. The molecule has 1 aromatic rings. The van der Waals surface area contributed by atoms with E-state index in [1.807, 2.05) is 0 Å². The van der Waals surface area contributed by atoms with E-state index in [0.717, 1.165) is 6.07 Å². The molecule has 0 saturated carbocycles. The molecule has 2 rings (SSSR count). The third kappa shape index (κ3) is 4.77. The number of rotatable bonds is 4. The van der Waals surface area contributed by atoms with Crippen LogP contribution >= 0.6 is 0 Å². The van der Waals surface area contributed by atoms with Crippen molar-refractivity contribution in [2.24, 2.45) is 5.10 Å². The second kappa shape index (κ2) is 6.57. The minimum atomic E-state index is -4.83. The summed E-state index contributed by atoms with van der Waals surface area (Å²) < 4.78 is 80.1. The standard InChI is InChI=1S/C13H11F6N3O2/c14-12(15,16)3-4-24-9-2-1-7(5-8(9)13(17,18)19)11-20-6-10(23)21-22-11/h1-2,5H,3-4,6H2,(H,20,22)(H,21,23). The van der Waals surface area contributed by atoms with Crippen molar-refractivity contribution in [3.63, 3.8) is 0 Å². The molecule has 0 bridgehead atoms. The van der Waals surface area contributed by atoms with Crippen molar-refractivity contribution in [2.45, 2.75) is 18.8 Å². The van der Waals surface area contributed by atoms with Gasteiger partial charge >= 0.3 is 12.4 Å². The molecule has 2 N–H and O–H groups in total. The third-order valence-electron chi connectivity index (χ3n) is 2.91. The molecule has 1 aromatic carbocycles. The maximum absolute atomic E-state index is 13.1. The summed E-state index contributed by atoms with van der Waals surface area (Å²) in [6.07, 6.45) is -10.7. The van der Waals surface area contributed by atoms with Gasteiger partial charge in [-0.25, -0.2) is 5.43 Å². The Labute approximate surface area is 131 Å². The van der Waals surface area contributed by atoms with Crippen LogP contribution in [0.1, 0.15) is 17.5 Å². The second-order valence-electron chi connectivity index (χ2n) is 4.77. The van der Waals surface area contributed by atoms with Crippen LogP contribution in [-0.4, -0.2) is 31.1 Å². The molecule has 5 nitrogen and oxygen atoms in total. The van der Waals surface area contributed by atoms with Crippen molar-refractivity contribution in [2.75, 3.05) is 13.2 Å². The summed E-state index contributed by atoms with van der Waals surface area (Å²) in [7, 11) is 0. The second-order valence-corrected chi connectivity index (χ2v) is 4.77. The number of carbonyl (C=O) groups is 1. The molecule has 11 heteroatoms. The lowest BCUT2D eigenvalue weighted by atomic mass is 10.1. The van der Waals surface area contributed by atoms with Gasteiger partial charge in [0, 0.05) is 5.56 Å². The van der Waals surface area contributed by atoms with Crippen molar-refractivity contribution in [1.82, 2.24) is 10.7 Å². The molecule has 1 aliphatic rings. The quantitative estimate of drug-likeness (QED) is 0.816. The predicted molar refractivity (Wildman–Crippen MR) is 70.3 cm³/mol. The van der Waals surface area contributed by atoms with E-state index in [0.29, 0.717) is 6.07 Å². The molecule has 0 atom stereocenters. The molecule has 132 valence electrons. The summed E-state index contributed by atoms with van der Waals surface area (Å²) in [6.45, 7) is -1.09. The first-order valence-corrected chi connectivity index (χ1v) is 6.58. The van der Waals surface area contributed by atoms with Gasteiger partial charge in [0.05, 0.1) is 25.1 Å². The van der Waals surface area contributed by atoms with Crippen LogP contribution in [0, 0.1) is 0 Å². The number of ether oxygens (including phenoxy) is 1. The van der Waals surface area contributed by atoms with E-state index >= 15 is 0 Å². The Balaban J connectivity index is 2.24. The molecule has 0 unspecified atom stereocenters. The Bertz CT molecular complexity index is 654. The normalized spacial score (nSPS) is 15.4. The van der Waals surface area contributed by atoms with E-state index in [1.54, 1.807) is 0 Å². The van der Waals surface area contributed by atoms with Gasteiger partial charge in [0.1, 0.15) is 5.75 Å².